The third kappa shape index (κ3) is 3.17. The predicted octanol–water partition coefficient (Wildman–Crippen LogP) is 0.631. The monoisotopic (exact) mass is 384 g/mol. The van der Waals surface area contributed by atoms with E-state index in [2.05, 4.69) is 17.3 Å². The highest BCUT2D eigenvalue weighted by Gasteiger charge is 2.24. The molecule has 2 heterocycles. The van der Waals surface area contributed by atoms with Gasteiger partial charge in [-0.1, -0.05) is 31.9 Å². The van der Waals surface area contributed by atoms with Gasteiger partial charge in [0, 0.05) is 6.04 Å². The predicted molar refractivity (Wildman–Crippen MR) is 104 cm³/mol. The lowest BCUT2D eigenvalue weighted by atomic mass is 9.86. The second-order valence-electron chi connectivity index (χ2n) is 7.55. The quantitative estimate of drug-likeness (QED) is 0.671. The molecule has 4 rings (SSSR count). The second-order valence-corrected chi connectivity index (χ2v) is 7.55. The van der Waals surface area contributed by atoms with E-state index in [1.807, 2.05) is 18.2 Å². The molecule has 1 fully saturated rings. The summed E-state index contributed by atoms with van der Waals surface area (Å²) in [6, 6.07) is 7.47. The molecule has 1 saturated carbocycles. The van der Waals surface area contributed by atoms with Crippen molar-refractivity contribution >= 4 is 28.6 Å². The van der Waals surface area contributed by atoms with Crippen LogP contribution < -0.4 is 16.7 Å². The summed E-state index contributed by atoms with van der Waals surface area (Å²) in [4.78, 5) is 36.7. The van der Waals surface area contributed by atoms with E-state index in [0.717, 1.165) is 29.5 Å². The summed E-state index contributed by atoms with van der Waals surface area (Å²) in [5.74, 6) is 0.0115. The van der Waals surface area contributed by atoms with Crippen LogP contribution in [0.5, 0.6) is 0 Å². The number of primary amides is 1. The van der Waals surface area contributed by atoms with Gasteiger partial charge in [-0.15, -0.1) is 5.10 Å². The molecule has 148 valence electrons. The lowest BCUT2D eigenvalue weighted by Crippen LogP contribution is -2.42. The van der Waals surface area contributed by atoms with Gasteiger partial charge >= 0.3 is 5.69 Å². The first-order valence-corrected chi connectivity index (χ1v) is 9.60. The first kappa shape index (κ1) is 18.3. The number of carbonyl (C=O) groups excluding carboxylic acids is 2. The van der Waals surface area contributed by atoms with Gasteiger partial charge in [-0.3, -0.25) is 14.2 Å². The zero-order valence-electron chi connectivity index (χ0n) is 15.8. The molecule has 0 radical (unpaired) electrons. The molecule has 9 heteroatoms. The van der Waals surface area contributed by atoms with Crippen LogP contribution in [-0.2, 0) is 22.7 Å². The fraction of sp³-hybridized carbons (Fsp3) is 0.474. The summed E-state index contributed by atoms with van der Waals surface area (Å²) in [6.07, 6.45) is 4.44. The molecule has 1 aliphatic carbocycles. The van der Waals surface area contributed by atoms with Gasteiger partial charge in [-0.05, 0) is 30.9 Å². The van der Waals surface area contributed by atoms with Crippen molar-refractivity contribution in [3.8, 4) is 0 Å². The molecule has 2 aromatic heterocycles. The normalized spacial score (nSPS) is 19.9. The van der Waals surface area contributed by atoms with Crippen LogP contribution in [0, 0.1) is 5.92 Å². The Morgan fingerprint density at radius 2 is 1.89 bits per heavy atom. The highest BCUT2D eigenvalue weighted by Crippen LogP contribution is 2.24. The topological polar surface area (TPSA) is 116 Å². The molecule has 1 aromatic carbocycles. The van der Waals surface area contributed by atoms with Gasteiger partial charge in [-0.25, -0.2) is 13.9 Å². The number of nitrogens with two attached hydrogens (primary N) is 1. The second kappa shape index (κ2) is 7.14. The maximum atomic E-state index is 12.8. The van der Waals surface area contributed by atoms with Gasteiger partial charge in [0.15, 0.2) is 0 Å². The SMILES string of the molecule is C[C@H]1CCCC[C@@H]1NC(=O)Cn1c2ccccc2n2c(=O)n(CC(N)=O)nc12. The van der Waals surface area contributed by atoms with Gasteiger partial charge < -0.3 is 11.1 Å². The van der Waals surface area contributed by atoms with Crippen LogP contribution in [0.25, 0.3) is 16.8 Å². The van der Waals surface area contributed by atoms with Crippen molar-refractivity contribution in [1.82, 2.24) is 24.1 Å². The van der Waals surface area contributed by atoms with Crippen molar-refractivity contribution < 1.29 is 9.59 Å². The summed E-state index contributed by atoms with van der Waals surface area (Å²) in [6.45, 7) is 1.91. The van der Waals surface area contributed by atoms with E-state index < -0.39 is 11.6 Å². The fourth-order valence-corrected chi connectivity index (χ4v) is 4.10. The fourth-order valence-electron chi connectivity index (χ4n) is 4.10. The zero-order valence-corrected chi connectivity index (χ0v) is 15.8. The Morgan fingerprint density at radius 3 is 2.61 bits per heavy atom. The van der Waals surface area contributed by atoms with E-state index in [0.29, 0.717) is 17.2 Å². The number of aromatic nitrogens is 4. The zero-order chi connectivity index (χ0) is 19.8. The minimum absolute atomic E-state index is 0.0489. The number of benzene rings is 1. The highest BCUT2D eigenvalue weighted by molar-refractivity contribution is 5.84. The van der Waals surface area contributed by atoms with Crippen LogP contribution in [0.15, 0.2) is 29.1 Å². The van der Waals surface area contributed by atoms with Crippen LogP contribution >= 0.6 is 0 Å². The van der Waals surface area contributed by atoms with Gasteiger partial charge in [0.05, 0.1) is 11.0 Å². The van der Waals surface area contributed by atoms with Gasteiger partial charge in [0.25, 0.3) is 0 Å². The van der Waals surface area contributed by atoms with E-state index in [9.17, 15) is 14.4 Å². The minimum Gasteiger partial charge on any atom is -0.368 e. The molecule has 9 nitrogen and oxygen atoms in total. The van der Waals surface area contributed by atoms with E-state index in [4.69, 9.17) is 5.73 Å². The summed E-state index contributed by atoms with van der Waals surface area (Å²) in [5, 5.41) is 7.39. The Bertz CT molecular complexity index is 1110. The van der Waals surface area contributed by atoms with Gasteiger partial charge in [0.2, 0.25) is 17.6 Å². The average Bonchev–Trinajstić information content (AvgIpc) is 3.12. The lowest BCUT2D eigenvalue weighted by molar-refractivity contribution is -0.123. The summed E-state index contributed by atoms with van der Waals surface area (Å²) < 4.78 is 4.15. The van der Waals surface area contributed by atoms with E-state index >= 15 is 0 Å². The molecule has 28 heavy (non-hydrogen) atoms. The molecular weight excluding hydrogens is 360 g/mol. The number of hydrogen-bond donors (Lipinski definition) is 2. The molecule has 0 unspecified atom stereocenters. The number of rotatable bonds is 5. The standard InChI is InChI=1S/C19H24N6O3/c1-12-6-2-3-7-13(12)21-17(27)11-23-14-8-4-5-9-15(14)25-18(23)22-24(19(25)28)10-16(20)26/h4-5,8-9,12-13H,2-3,6-7,10-11H2,1H3,(H2,20,26)(H,21,27)/t12-,13-/m0/s1. The van der Waals surface area contributed by atoms with Crippen LogP contribution in [0.2, 0.25) is 0 Å². The molecule has 3 N–H and O–H groups in total. The van der Waals surface area contributed by atoms with Crippen molar-refractivity contribution in [2.75, 3.05) is 0 Å². The molecule has 1 aliphatic rings. The molecule has 2 atom stereocenters. The number of fused-ring (bicyclic) bond motifs is 3. The van der Waals surface area contributed by atoms with Crippen molar-refractivity contribution in [3.05, 3.63) is 34.7 Å². The number of nitrogens with one attached hydrogen (secondary N) is 1. The van der Waals surface area contributed by atoms with Crippen LogP contribution in [0.1, 0.15) is 32.6 Å². The molecule has 3 aromatic rings. The number of imidazole rings is 1. The van der Waals surface area contributed by atoms with Crippen LogP contribution in [0.3, 0.4) is 0 Å². The van der Waals surface area contributed by atoms with Crippen LogP contribution in [-0.4, -0.2) is 36.6 Å². The molecule has 2 amide bonds. The van der Waals surface area contributed by atoms with Gasteiger partial charge in [-0.2, -0.15) is 0 Å². The molecule has 0 aliphatic heterocycles. The first-order valence-electron chi connectivity index (χ1n) is 9.60. The summed E-state index contributed by atoms with van der Waals surface area (Å²) in [5.41, 5.74) is 6.13. The largest absolute Gasteiger partial charge is 0.368 e. The third-order valence-corrected chi connectivity index (χ3v) is 5.54. The lowest BCUT2D eigenvalue weighted by Gasteiger charge is -2.29. The summed E-state index contributed by atoms with van der Waals surface area (Å²) >= 11 is 0. The number of nitrogens with zero attached hydrogens (tertiary/aromatic N) is 4. The highest BCUT2D eigenvalue weighted by atomic mass is 16.2. The Balaban J connectivity index is 1.71. The Labute approximate surface area is 161 Å². The average molecular weight is 384 g/mol. The van der Waals surface area contributed by atoms with Crippen molar-refractivity contribution in [2.24, 2.45) is 11.7 Å². The Morgan fingerprint density at radius 1 is 1.18 bits per heavy atom. The Kier molecular flexibility index (Phi) is 4.66. The third-order valence-electron chi connectivity index (χ3n) is 5.54. The number of para-hydroxylation sites is 2. The van der Waals surface area contributed by atoms with Crippen LogP contribution in [0.4, 0.5) is 0 Å². The summed E-state index contributed by atoms with van der Waals surface area (Å²) in [7, 11) is 0. The first-order chi connectivity index (χ1) is 13.5. The molecule has 0 spiro atoms. The number of carbonyl (C=O) groups is 2. The van der Waals surface area contributed by atoms with Crippen molar-refractivity contribution in [3.63, 3.8) is 0 Å². The molecule has 0 saturated heterocycles. The minimum atomic E-state index is -0.650. The van der Waals surface area contributed by atoms with E-state index in [-0.39, 0.29) is 25.0 Å². The molecule has 0 bridgehead atoms. The Hall–Kier alpha value is -3.10. The van der Waals surface area contributed by atoms with Crippen molar-refractivity contribution in [2.45, 2.75) is 51.7 Å². The van der Waals surface area contributed by atoms with Gasteiger partial charge in [0.1, 0.15) is 13.1 Å². The van der Waals surface area contributed by atoms with E-state index in [1.54, 1.807) is 10.6 Å². The maximum absolute atomic E-state index is 12.8. The number of hydrogen-bond acceptors (Lipinski definition) is 4. The van der Waals surface area contributed by atoms with Crippen molar-refractivity contribution in [1.29, 1.82) is 0 Å². The molecular formula is C19H24N6O3. The smallest absolute Gasteiger partial charge is 0.352 e. The van der Waals surface area contributed by atoms with E-state index in [1.165, 1.54) is 10.8 Å². The maximum Gasteiger partial charge on any atom is 0.352 e. The number of amides is 2.